The standard InChI is InChI=1S/C30H41N3O5/c1-9-32(10-2)16-17-33-25(20-12-14-21(15-13-20)30(6,7)8)23(27(35)28(33)36)26(34)22-18(4)24(31-19(22)5)29(37)38-11-3/h12-15,25,31,34H,9-11,16-17H2,1-8H3/b26-23+. The third-order valence-corrected chi connectivity index (χ3v) is 7.34. The molecule has 0 saturated carbocycles. The molecule has 0 radical (unpaired) electrons. The van der Waals surface area contributed by atoms with Crippen LogP contribution in [0.1, 0.15) is 86.0 Å². The number of likely N-dealkylation sites (tertiary alicyclic amines) is 1. The van der Waals surface area contributed by atoms with E-state index in [1.165, 1.54) is 0 Å². The van der Waals surface area contributed by atoms with E-state index >= 15 is 0 Å². The van der Waals surface area contributed by atoms with E-state index in [2.05, 4.69) is 44.5 Å². The first-order valence-corrected chi connectivity index (χ1v) is 13.3. The number of aliphatic hydroxyl groups is 1. The molecule has 2 N–H and O–H groups in total. The van der Waals surface area contributed by atoms with E-state index in [-0.39, 0.29) is 29.0 Å². The summed E-state index contributed by atoms with van der Waals surface area (Å²) >= 11 is 0. The molecule has 8 nitrogen and oxygen atoms in total. The van der Waals surface area contributed by atoms with Gasteiger partial charge >= 0.3 is 5.97 Å². The van der Waals surface area contributed by atoms with Crippen LogP contribution in [-0.2, 0) is 19.7 Å². The van der Waals surface area contributed by atoms with Crippen LogP contribution in [0.5, 0.6) is 0 Å². The zero-order chi connectivity index (χ0) is 28.4. The minimum Gasteiger partial charge on any atom is -0.507 e. The summed E-state index contributed by atoms with van der Waals surface area (Å²) < 4.78 is 5.14. The number of aromatic nitrogens is 1. The van der Waals surface area contributed by atoms with Crippen molar-refractivity contribution >= 4 is 23.4 Å². The Balaban J connectivity index is 2.18. The quantitative estimate of drug-likeness (QED) is 0.210. The number of ether oxygens (including phenoxy) is 1. The van der Waals surface area contributed by atoms with Crippen molar-refractivity contribution in [2.24, 2.45) is 0 Å². The molecule has 2 heterocycles. The molecular formula is C30H41N3O5. The minimum atomic E-state index is -0.751. The molecule has 206 valence electrons. The van der Waals surface area contributed by atoms with Gasteiger partial charge in [0.1, 0.15) is 11.5 Å². The summed E-state index contributed by atoms with van der Waals surface area (Å²) in [6.45, 7) is 18.4. The molecule has 38 heavy (non-hydrogen) atoms. The van der Waals surface area contributed by atoms with Gasteiger partial charge in [0.25, 0.3) is 11.7 Å². The number of carbonyl (C=O) groups is 3. The number of esters is 1. The van der Waals surface area contributed by atoms with E-state index in [1.54, 1.807) is 25.7 Å². The largest absolute Gasteiger partial charge is 0.507 e. The summed E-state index contributed by atoms with van der Waals surface area (Å²) in [5.74, 6) is -2.20. The van der Waals surface area contributed by atoms with Gasteiger partial charge in [0.15, 0.2) is 0 Å². The fraction of sp³-hybridized carbons (Fsp3) is 0.500. The van der Waals surface area contributed by atoms with Crippen molar-refractivity contribution in [3.8, 4) is 0 Å². The van der Waals surface area contributed by atoms with Gasteiger partial charge in [-0.2, -0.15) is 0 Å². The number of carbonyl (C=O) groups excluding carboxylic acids is 3. The lowest BCUT2D eigenvalue weighted by Crippen LogP contribution is -2.38. The smallest absolute Gasteiger partial charge is 0.355 e. The molecule has 3 rings (SSSR count). The predicted molar refractivity (Wildman–Crippen MR) is 148 cm³/mol. The van der Waals surface area contributed by atoms with Gasteiger partial charge in [-0.3, -0.25) is 9.59 Å². The molecule has 1 aliphatic heterocycles. The van der Waals surface area contributed by atoms with Crippen LogP contribution in [0.2, 0.25) is 0 Å². The second-order valence-electron chi connectivity index (χ2n) is 10.7. The van der Waals surface area contributed by atoms with Crippen molar-refractivity contribution in [1.82, 2.24) is 14.8 Å². The molecule has 0 bridgehead atoms. The van der Waals surface area contributed by atoms with E-state index in [4.69, 9.17) is 4.74 Å². The Labute approximate surface area is 225 Å². The molecule has 1 fully saturated rings. The van der Waals surface area contributed by atoms with Crippen LogP contribution in [0.4, 0.5) is 0 Å². The van der Waals surface area contributed by atoms with E-state index in [0.29, 0.717) is 29.9 Å². The molecule has 1 aromatic carbocycles. The van der Waals surface area contributed by atoms with Gasteiger partial charge in [0.05, 0.1) is 18.2 Å². The van der Waals surface area contributed by atoms with Crippen LogP contribution < -0.4 is 0 Å². The van der Waals surface area contributed by atoms with Crippen molar-refractivity contribution in [1.29, 1.82) is 0 Å². The van der Waals surface area contributed by atoms with Crippen LogP contribution in [-0.4, -0.2) is 70.3 Å². The Bertz CT molecular complexity index is 1230. The Morgan fingerprint density at radius 1 is 1.08 bits per heavy atom. The third kappa shape index (κ3) is 5.55. The van der Waals surface area contributed by atoms with Crippen LogP contribution in [0.15, 0.2) is 29.8 Å². The first-order valence-electron chi connectivity index (χ1n) is 13.3. The number of hydrogen-bond donors (Lipinski definition) is 2. The topological polar surface area (TPSA) is 103 Å². The number of aryl methyl sites for hydroxylation is 1. The molecule has 1 aliphatic rings. The fourth-order valence-corrected chi connectivity index (χ4v) is 5.06. The highest BCUT2D eigenvalue weighted by molar-refractivity contribution is 6.46. The number of aliphatic hydroxyl groups excluding tert-OH is 1. The predicted octanol–water partition coefficient (Wildman–Crippen LogP) is 4.87. The lowest BCUT2D eigenvalue weighted by molar-refractivity contribution is -0.140. The average Bonchev–Trinajstić information content (AvgIpc) is 3.31. The number of rotatable bonds is 9. The van der Waals surface area contributed by atoms with E-state index < -0.39 is 23.7 Å². The van der Waals surface area contributed by atoms with Crippen LogP contribution in [0.3, 0.4) is 0 Å². The lowest BCUT2D eigenvalue weighted by Gasteiger charge is -2.28. The van der Waals surface area contributed by atoms with Gasteiger partial charge in [-0.25, -0.2) is 4.79 Å². The van der Waals surface area contributed by atoms with E-state index in [1.807, 2.05) is 24.3 Å². The zero-order valence-electron chi connectivity index (χ0n) is 23.9. The molecule has 0 spiro atoms. The number of likely N-dealkylation sites (N-methyl/N-ethyl adjacent to an activating group) is 1. The van der Waals surface area contributed by atoms with Crippen molar-refractivity contribution in [3.63, 3.8) is 0 Å². The minimum absolute atomic E-state index is 0.0265. The van der Waals surface area contributed by atoms with Crippen LogP contribution >= 0.6 is 0 Å². The second kappa shape index (κ2) is 11.6. The SMILES string of the molecule is CCOC(=O)c1[nH]c(C)c(/C(O)=C2\C(=O)C(=O)N(CCN(CC)CC)C2c2ccc(C(C)(C)C)cc2)c1C. The summed E-state index contributed by atoms with van der Waals surface area (Å²) in [6, 6.07) is 7.11. The van der Waals surface area contributed by atoms with Crippen molar-refractivity contribution in [2.45, 2.75) is 66.8 Å². The van der Waals surface area contributed by atoms with Gasteiger partial charge in [0.2, 0.25) is 0 Å². The van der Waals surface area contributed by atoms with Crippen LogP contribution in [0, 0.1) is 13.8 Å². The first kappa shape index (κ1) is 29.2. The number of nitrogens with zero attached hydrogens (tertiary/aromatic N) is 2. The number of benzene rings is 1. The molecular weight excluding hydrogens is 482 g/mol. The molecule has 0 aliphatic carbocycles. The number of Topliss-reactive ketones (excluding diaryl/α,β-unsaturated/α-hetero) is 1. The number of ketones is 1. The highest BCUT2D eigenvalue weighted by Gasteiger charge is 2.46. The van der Waals surface area contributed by atoms with E-state index in [0.717, 1.165) is 24.2 Å². The van der Waals surface area contributed by atoms with Gasteiger partial charge < -0.3 is 24.6 Å². The molecule has 1 saturated heterocycles. The average molecular weight is 524 g/mol. The van der Waals surface area contributed by atoms with Gasteiger partial charge in [-0.05, 0) is 56.0 Å². The number of H-pyrrole nitrogens is 1. The second-order valence-corrected chi connectivity index (χ2v) is 10.7. The van der Waals surface area contributed by atoms with Gasteiger partial charge in [-0.15, -0.1) is 0 Å². The maximum Gasteiger partial charge on any atom is 0.355 e. The summed E-state index contributed by atoms with van der Waals surface area (Å²) in [4.78, 5) is 46.0. The summed E-state index contributed by atoms with van der Waals surface area (Å²) in [7, 11) is 0. The summed E-state index contributed by atoms with van der Waals surface area (Å²) in [5.41, 5.74) is 3.37. The number of amides is 1. The Kier molecular flexibility index (Phi) is 8.87. The summed E-state index contributed by atoms with van der Waals surface area (Å²) in [6.07, 6.45) is 0. The van der Waals surface area contributed by atoms with Crippen LogP contribution in [0.25, 0.3) is 5.76 Å². The Morgan fingerprint density at radius 3 is 2.21 bits per heavy atom. The molecule has 2 aromatic rings. The van der Waals surface area contributed by atoms with Crippen molar-refractivity contribution < 1.29 is 24.2 Å². The van der Waals surface area contributed by atoms with Gasteiger partial charge in [-0.1, -0.05) is 58.9 Å². The monoisotopic (exact) mass is 523 g/mol. The molecule has 1 amide bonds. The Hall–Kier alpha value is -3.39. The number of nitrogens with one attached hydrogen (secondary N) is 1. The zero-order valence-corrected chi connectivity index (χ0v) is 23.9. The van der Waals surface area contributed by atoms with E-state index in [9.17, 15) is 19.5 Å². The lowest BCUT2D eigenvalue weighted by atomic mass is 9.85. The molecule has 1 atom stereocenters. The molecule has 8 heteroatoms. The summed E-state index contributed by atoms with van der Waals surface area (Å²) in [5, 5.41) is 11.6. The maximum atomic E-state index is 13.5. The molecule has 1 aromatic heterocycles. The number of hydrogen-bond acceptors (Lipinski definition) is 6. The highest BCUT2D eigenvalue weighted by Crippen LogP contribution is 2.41. The normalized spacial score (nSPS) is 17.5. The highest BCUT2D eigenvalue weighted by atomic mass is 16.5. The fourth-order valence-electron chi connectivity index (χ4n) is 5.06. The van der Waals surface area contributed by atoms with Crippen molar-refractivity contribution in [3.05, 3.63) is 63.5 Å². The third-order valence-electron chi connectivity index (χ3n) is 7.34. The number of aromatic amines is 1. The Morgan fingerprint density at radius 2 is 1.68 bits per heavy atom. The van der Waals surface area contributed by atoms with Gasteiger partial charge in [0, 0.05) is 24.3 Å². The molecule has 1 unspecified atom stereocenters. The maximum absolute atomic E-state index is 13.5. The first-order chi connectivity index (χ1) is 17.9. The van der Waals surface area contributed by atoms with Crippen molar-refractivity contribution in [2.75, 3.05) is 32.8 Å².